The van der Waals surface area contributed by atoms with Crippen LogP contribution in [0.5, 0.6) is 5.75 Å². The molecule has 2 aromatic carbocycles. The minimum absolute atomic E-state index is 0.0197. The first-order chi connectivity index (χ1) is 18.3. The van der Waals surface area contributed by atoms with Crippen molar-refractivity contribution in [3.05, 3.63) is 75.3 Å². The molecule has 2 aromatic rings. The lowest BCUT2D eigenvalue weighted by Crippen LogP contribution is -2.47. The van der Waals surface area contributed by atoms with Crippen molar-refractivity contribution < 1.29 is 29.7 Å². The summed E-state index contributed by atoms with van der Waals surface area (Å²) in [5.41, 5.74) is 12.5. The number of phenolic OH excluding ortho intramolecular Hbond substituents is 1. The van der Waals surface area contributed by atoms with E-state index in [4.69, 9.17) is 11.5 Å². The Morgan fingerprint density at radius 1 is 1.10 bits per heavy atom. The van der Waals surface area contributed by atoms with Gasteiger partial charge in [-0.05, 0) is 54.7 Å². The van der Waals surface area contributed by atoms with Crippen molar-refractivity contribution in [2.24, 2.45) is 23.0 Å². The fraction of sp³-hybridized carbons (Fsp3) is 0.300. The van der Waals surface area contributed by atoms with Crippen molar-refractivity contribution in [1.82, 2.24) is 0 Å². The Kier molecular flexibility index (Phi) is 5.95. The maximum Gasteiger partial charge on any atom is 0.255 e. The largest absolute Gasteiger partial charge is 0.511 e. The SMILES string of the molecule is CN(C)c1cc(C#Cc2ccc(N)cc2)c(O)c2c1CC1(C)CC3CC(O)=C(C(N)=O)C(=O)C3C(O)=C1C2=O. The molecular weight excluding hydrogens is 498 g/mol. The topological polar surface area (TPSA) is 167 Å². The molecule has 0 heterocycles. The van der Waals surface area contributed by atoms with Crippen molar-refractivity contribution in [3.63, 3.8) is 0 Å². The Labute approximate surface area is 225 Å². The number of hydrogen-bond donors (Lipinski definition) is 5. The molecule has 0 bridgehead atoms. The average Bonchev–Trinajstić information content (AvgIpc) is 2.83. The van der Waals surface area contributed by atoms with E-state index >= 15 is 0 Å². The number of amides is 1. The third-order valence-corrected chi connectivity index (χ3v) is 8.00. The zero-order valence-electron chi connectivity index (χ0n) is 21.8. The summed E-state index contributed by atoms with van der Waals surface area (Å²) in [6.07, 6.45) is 0.579. The van der Waals surface area contributed by atoms with E-state index in [0.29, 0.717) is 35.3 Å². The highest BCUT2D eigenvalue weighted by Crippen LogP contribution is 2.56. The van der Waals surface area contributed by atoms with Crippen molar-refractivity contribution in [2.45, 2.75) is 26.2 Å². The van der Waals surface area contributed by atoms with Crippen LogP contribution in [-0.4, -0.2) is 46.9 Å². The van der Waals surface area contributed by atoms with Crippen LogP contribution in [0.1, 0.15) is 46.8 Å². The van der Waals surface area contributed by atoms with E-state index in [2.05, 4.69) is 11.8 Å². The van der Waals surface area contributed by atoms with E-state index in [1.165, 1.54) is 0 Å². The molecule has 1 amide bonds. The van der Waals surface area contributed by atoms with Gasteiger partial charge in [-0.2, -0.15) is 0 Å². The Bertz CT molecular complexity index is 1590. The molecule has 0 saturated heterocycles. The summed E-state index contributed by atoms with van der Waals surface area (Å²) in [6, 6.07) is 8.64. The Morgan fingerprint density at radius 2 is 1.77 bits per heavy atom. The molecule has 9 heteroatoms. The van der Waals surface area contributed by atoms with Gasteiger partial charge in [-0.1, -0.05) is 18.8 Å². The number of Topliss-reactive ketones (excluding diaryl/α,β-unsaturated/α-hetero) is 2. The number of hydrogen-bond acceptors (Lipinski definition) is 8. The summed E-state index contributed by atoms with van der Waals surface area (Å²) in [7, 11) is 3.65. The van der Waals surface area contributed by atoms with Crippen molar-refractivity contribution in [2.75, 3.05) is 24.7 Å². The van der Waals surface area contributed by atoms with Gasteiger partial charge in [0.25, 0.3) is 5.91 Å². The number of aliphatic hydroxyl groups is 2. The van der Waals surface area contributed by atoms with Crippen LogP contribution in [0, 0.1) is 29.1 Å². The van der Waals surface area contributed by atoms with Crippen LogP contribution < -0.4 is 16.4 Å². The van der Waals surface area contributed by atoms with Crippen LogP contribution >= 0.6 is 0 Å². The summed E-state index contributed by atoms with van der Waals surface area (Å²) in [4.78, 5) is 40.9. The molecular formula is C30H29N3O6. The van der Waals surface area contributed by atoms with Crippen LogP contribution in [0.25, 0.3) is 0 Å². The Morgan fingerprint density at radius 3 is 2.38 bits per heavy atom. The van der Waals surface area contributed by atoms with Crippen molar-refractivity contribution in [1.29, 1.82) is 0 Å². The third kappa shape index (κ3) is 4.00. The number of anilines is 2. The monoisotopic (exact) mass is 527 g/mol. The van der Waals surface area contributed by atoms with Gasteiger partial charge in [0.2, 0.25) is 0 Å². The summed E-state index contributed by atoms with van der Waals surface area (Å²) in [5, 5.41) is 33.1. The number of nitrogens with zero attached hydrogens (tertiary/aromatic N) is 1. The smallest absolute Gasteiger partial charge is 0.255 e. The van der Waals surface area contributed by atoms with Gasteiger partial charge in [0.05, 0.1) is 17.0 Å². The van der Waals surface area contributed by atoms with Gasteiger partial charge >= 0.3 is 0 Å². The normalized spacial score (nSPS) is 23.9. The first kappa shape index (κ1) is 25.9. The third-order valence-electron chi connectivity index (χ3n) is 8.00. The van der Waals surface area contributed by atoms with E-state index in [1.54, 1.807) is 30.3 Å². The molecule has 0 radical (unpaired) electrons. The second-order valence-electron chi connectivity index (χ2n) is 10.9. The number of allylic oxidation sites excluding steroid dienone is 3. The molecule has 3 unspecified atom stereocenters. The van der Waals surface area contributed by atoms with Gasteiger partial charge in [-0.25, -0.2) is 0 Å². The minimum atomic E-state index is -1.18. The fourth-order valence-corrected chi connectivity index (χ4v) is 6.31. The molecule has 0 spiro atoms. The number of benzene rings is 2. The molecule has 0 aromatic heterocycles. The van der Waals surface area contributed by atoms with Crippen LogP contribution in [0.15, 0.2) is 53.0 Å². The second kappa shape index (κ2) is 8.95. The Balaban J connectivity index is 1.68. The van der Waals surface area contributed by atoms with Crippen LogP contribution in [-0.2, 0) is 16.0 Å². The van der Waals surface area contributed by atoms with E-state index in [9.17, 15) is 29.7 Å². The first-order valence-corrected chi connectivity index (χ1v) is 12.5. The number of nitrogen functional groups attached to an aromatic ring is 1. The predicted molar refractivity (Wildman–Crippen MR) is 145 cm³/mol. The molecule has 9 nitrogen and oxygen atoms in total. The number of nitrogens with two attached hydrogens (primary N) is 2. The van der Waals surface area contributed by atoms with E-state index < -0.39 is 51.8 Å². The van der Waals surface area contributed by atoms with E-state index in [0.717, 1.165) is 0 Å². The highest BCUT2D eigenvalue weighted by molar-refractivity contribution is 6.22. The summed E-state index contributed by atoms with van der Waals surface area (Å²) in [6.45, 7) is 1.83. The van der Waals surface area contributed by atoms with Gasteiger partial charge in [0, 0.05) is 48.4 Å². The summed E-state index contributed by atoms with van der Waals surface area (Å²) >= 11 is 0. The number of aliphatic hydroxyl groups excluding tert-OH is 2. The summed E-state index contributed by atoms with van der Waals surface area (Å²) < 4.78 is 0. The second-order valence-corrected chi connectivity index (χ2v) is 10.9. The number of carbonyl (C=O) groups excluding carboxylic acids is 3. The van der Waals surface area contributed by atoms with Crippen molar-refractivity contribution >= 4 is 28.8 Å². The number of ketones is 2. The quantitative estimate of drug-likeness (QED) is 0.226. The van der Waals surface area contributed by atoms with Crippen molar-refractivity contribution in [3.8, 4) is 17.6 Å². The molecule has 0 fully saturated rings. The molecule has 3 atom stereocenters. The molecule has 3 aliphatic rings. The van der Waals surface area contributed by atoms with Crippen LogP contribution in [0.4, 0.5) is 11.4 Å². The van der Waals surface area contributed by atoms with E-state index in [1.807, 2.05) is 25.9 Å². The lowest BCUT2D eigenvalue weighted by molar-refractivity contribution is -0.126. The van der Waals surface area contributed by atoms with Gasteiger partial charge in [0.15, 0.2) is 11.6 Å². The summed E-state index contributed by atoms with van der Waals surface area (Å²) in [5.74, 6) is 0.593. The predicted octanol–water partition coefficient (Wildman–Crippen LogP) is 2.90. The molecule has 0 aliphatic heterocycles. The molecule has 0 saturated carbocycles. The molecule has 5 rings (SSSR count). The number of fused-ring (bicyclic) bond motifs is 3. The standard InChI is InChI=1S/C30H29N3O6/c1-30-12-16-11-20(34)23(29(32)39)26(36)21(16)27(37)24(30)28(38)22-18(13-30)19(33(2)3)10-15(25(22)35)7-4-14-5-8-17(31)9-6-14/h5-6,8-10,16,21,34-35,37H,11-13,31H2,1-3H3,(H2,32,39). The highest BCUT2D eigenvalue weighted by atomic mass is 16.3. The lowest BCUT2D eigenvalue weighted by Gasteiger charge is -2.47. The first-order valence-electron chi connectivity index (χ1n) is 12.5. The molecule has 7 N–H and O–H groups in total. The van der Waals surface area contributed by atoms with Crippen LogP contribution in [0.2, 0.25) is 0 Å². The van der Waals surface area contributed by atoms with Gasteiger partial charge in [-0.15, -0.1) is 0 Å². The molecule has 39 heavy (non-hydrogen) atoms. The average molecular weight is 528 g/mol. The van der Waals surface area contributed by atoms with E-state index in [-0.39, 0.29) is 28.9 Å². The van der Waals surface area contributed by atoms with Gasteiger partial charge < -0.3 is 31.7 Å². The maximum atomic E-state index is 14.1. The van der Waals surface area contributed by atoms with Gasteiger partial charge in [-0.3, -0.25) is 14.4 Å². The lowest BCUT2D eigenvalue weighted by atomic mass is 9.56. The molecule has 3 aliphatic carbocycles. The number of rotatable bonds is 2. The molecule has 200 valence electrons. The van der Waals surface area contributed by atoms with Crippen LogP contribution in [0.3, 0.4) is 0 Å². The maximum absolute atomic E-state index is 14.1. The fourth-order valence-electron chi connectivity index (χ4n) is 6.31. The Hall–Kier alpha value is -4.71. The number of aromatic hydroxyl groups is 1. The minimum Gasteiger partial charge on any atom is -0.511 e. The number of primary amides is 1. The highest BCUT2D eigenvalue weighted by Gasteiger charge is 2.55. The zero-order valence-corrected chi connectivity index (χ0v) is 21.8. The van der Waals surface area contributed by atoms with Gasteiger partial charge in [0.1, 0.15) is 22.8 Å². The number of phenols is 1. The number of carbonyl (C=O) groups is 3. The zero-order chi connectivity index (χ0) is 28.4.